The quantitative estimate of drug-likeness (QED) is 0.755. The largest absolute Gasteiger partial charge is 0.353 e. The van der Waals surface area contributed by atoms with Crippen molar-refractivity contribution in [1.82, 2.24) is 19.4 Å². The number of nitrogens with two attached hydrogens (primary N) is 1. The third-order valence-electron chi connectivity index (χ3n) is 4.90. The molecule has 0 amide bonds. The van der Waals surface area contributed by atoms with E-state index < -0.39 is 0 Å². The van der Waals surface area contributed by atoms with Gasteiger partial charge in [0.05, 0.1) is 0 Å². The van der Waals surface area contributed by atoms with E-state index in [1.54, 1.807) is 17.9 Å². The number of hydrogen-bond donors (Lipinski definition) is 1. The average Bonchev–Trinajstić information content (AvgIpc) is 2.99. The summed E-state index contributed by atoms with van der Waals surface area (Å²) < 4.78 is 2.91. The summed E-state index contributed by atoms with van der Waals surface area (Å²) in [5.41, 5.74) is 8.36. The molecule has 1 aliphatic rings. The third-order valence-corrected chi connectivity index (χ3v) is 5.27. The van der Waals surface area contributed by atoms with E-state index >= 15 is 0 Å². The second-order valence-corrected chi connectivity index (χ2v) is 7.18. The zero-order valence-corrected chi connectivity index (χ0v) is 15.4. The Hall–Kier alpha value is -2.38. The molecule has 2 N–H and O–H groups in total. The minimum atomic E-state index is -0.172. The first-order valence-corrected chi connectivity index (χ1v) is 9.10. The monoisotopic (exact) mass is 372 g/mol. The molecule has 1 fully saturated rings. The van der Waals surface area contributed by atoms with Gasteiger partial charge in [-0.05, 0) is 24.5 Å². The van der Waals surface area contributed by atoms with Crippen molar-refractivity contribution >= 4 is 22.9 Å². The van der Waals surface area contributed by atoms with Gasteiger partial charge in [0, 0.05) is 43.2 Å². The number of anilines is 1. The normalized spacial score (nSPS) is 17.8. The Morgan fingerprint density at radius 1 is 1.35 bits per heavy atom. The van der Waals surface area contributed by atoms with Crippen molar-refractivity contribution in [2.45, 2.75) is 25.3 Å². The van der Waals surface area contributed by atoms with Crippen LogP contribution < -0.4 is 16.2 Å². The topological polar surface area (TPSA) is 81.5 Å². The van der Waals surface area contributed by atoms with Crippen LogP contribution >= 0.6 is 11.6 Å². The SMILES string of the molecule is Cn1ncn2nc(N3CCC[C@@H](N)C3)c(Cc3ccccc3Cl)c2c1=O. The van der Waals surface area contributed by atoms with Crippen LogP contribution in [0, 0.1) is 0 Å². The van der Waals surface area contributed by atoms with Crippen LogP contribution in [0.3, 0.4) is 0 Å². The number of rotatable bonds is 3. The minimum Gasteiger partial charge on any atom is -0.353 e. The summed E-state index contributed by atoms with van der Waals surface area (Å²) >= 11 is 6.37. The van der Waals surface area contributed by atoms with Gasteiger partial charge < -0.3 is 10.6 Å². The second-order valence-electron chi connectivity index (χ2n) is 6.77. The molecule has 0 saturated carbocycles. The molecule has 1 aliphatic heterocycles. The fraction of sp³-hybridized carbons (Fsp3) is 0.389. The standard InChI is InChI=1S/C18H21ClN6O/c1-23-18(26)16-14(9-12-5-2-3-7-15(12)19)17(22-25(16)11-21-23)24-8-4-6-13(20)10-24/h2-3,5,7,11,13H,4,6,8-10,20H2,1H3/t13-/m1/s1. The van der Waals surface area contributed by atoms with E-state index in [2.05, 4.69) is 15.1 Å². The first kappa shape index (κ1) is 17.1. The van der Waals surface area contributed by atoms with E-state index in [4.69, 9.17) is 17.3 Å². The molecule has 136 valence electrons. The Labute approximate surface area is 156 Å². The van der Waals surface area contributed by atoms with Crippen molar-refractivity contribution in [3.63, 3.8) is 0 Å². The summed E-state index contributed by atoms with van der Waals surface area (Å²) in [5, 5.41) is 9.43. The van der Waals surface area contributed by atoms with Gasteiger partial charge in [-0.25, -0.2) is 9.20 Å². The average molecular weight is 373 g/mol. The number of benzene rings is 1. The van der Waals surface area contributed by atoms with E-state index in [0.29, 0.717) is 17.0 Å². The molecule has 0 unspecified atom stereocenters. The third kappa shape index (κ3) is 2.97. The maximum atomic E-state index is 12.7. The molecule has 8 heteroatoms. The summed E-state index contributed by atoms with van der Waals surface area (Å²) in [6, 6.07) is 7.79. The molecule has 2 aromatic heterocycles. The summed E-state index contributed by atoms with van der Waals surface area (Å²) in [6.07, 6.45) is 4.12. The van der Waals surface area contributed by atoms with Crippen molar-refractivity contribution in [2.75, 3.05) is 18.0 Å². The summed E-state index contributed by atoms with van der Waals surface area (Å²) in [7, 11) is 1.64. The molecule has 26 heavy (non-hydrogen) atoms. The van der Waals surface area contributed by atoms with Crippen LogP contribution in [0.4, 0.5) is 5.82 Å². The molecular formula is C18H21ClN6O. The highest BCUT2D eigenvalue weighted by atomic mass is 35.5. The molecule has 1 atom stereocenters. The Morgan fingerprint density at radius 3 is 2.92 bits per heavy atom. The first-order chi connectivity index (χ1) is 12.5. The second kappa shape index (κ2) is 6.74. The highest BCUT2D eigenvalue weighted by Crippen LogP contribution is 2.29. The van der Waals surface area contributed by atoms with Crippen LogP contribution in [0.15, 0.2) is 35.4 Å². The predicted octanol–water partition coefficient (Wildman–Crippen LogP) is 1.60. The molecule has 4 rings (SSSR count). The van der Waals surface area contributed by atoms with E-state index in [0.717, 1.165) is 42.9 Å². The van der Waals surface area contributed by atoms with Gasteiger partial charge in [-0.2, -0.15) is 5.10 Å². The van der Waals surface area contributed by atoms with Crippen LogP contribution in [-0.4, -0.2) is 38.5 Å². The number of hydrogen-bond acceptors (Lipinski definition) is 5. The van der Waals surface area contributed by atoms with Crippen LogP contribution in [0.5, 0.6) is 0 Å². The van der Waals surface area contributed by atoms with Gasteiger partial charge in [0.25, 0.3) is 5.56 Å². The molecule has 0 radical (unpaired) electrons. The molecular weight excluding hydrogens is 352 g/mol. The van der Waals surface area contributed by atoms with Gasteiger partial charge in [-0.15, -0.1) is 5.10 Å². The molecule has 1 saturated heterocycles. The van der Waals surface area contributed by atoms with Gasteiger partial charge in [-0.3, -0.25) is 4.79 Å². The fourth-order valence-electron chi connectivity index (χ4n) is 3.55. The molecule has 1 aromatic carbocycles. The molecule has 0 aliphatic carbocycles. The van der Waals surface area contributed by atoms with Crippen molar-refractivity contribution in [1.29, 1.82) is 0 Å². The molecule has 3 aromatic rings. The van der Waals surface area contributed by atoms with E-state index in [1.807, 2.05) is 24.3 Å². The van der Waals surface area contributed by atoms with Crippen LogP contribution in [0.25, 0.3) is 5.52 Å². The molecule has 7 nitrogen and oxygen atoms in total. The Morgan fingerprint density at radius 2 is 2.15 bits per heavy atom. The summed E-state index contributed by atoms with van der Waals surface area (Å²) in [4.78, 5) is 14.9. The Balaban J connectivity index is 1.89. The highest BCUT2D eigenvalue weighted by molar-refractivity contribution is 6.31. The van der Waals surface area contributed by atoms with Crippen molar-refractivity contribution < 1.29 is 0 Å². The van der Waals surface area contributed by atoms with Crippen LogP contribution in [0.1, 0.15) is 24.0 Å². The van der Waals surface area contributed by atoms with Gasteiger partial charge in [0.2, 0.25) is 0 Å². The summed E-state index contributed by atoms with van der Waals surface area (Å²) in [5.74, 6) is 0.796. The smallest absolute Gasteiger partial charge is 0.292 e. The minimum absolute atomic E-state index is 0.114. The fourth-order valence-corrected chi connectivity index (χ4v) is 3.75. The number of piperidine rings is 1. The van der Waals surface area contributed by atoms with E-state index in [9.17, 15) is 4.79 Å². The number of fused-ring (bicyclic) bond motifs is 1. The maximum absolute atomic E-state index is 12.7. The Bertz CT molecular complexity index is 1010. The van der Waals surface area contributed by atoms with Gasteiger partial charge in [0.15, 0.2) is 5.82 Å². The van der Waals surface area contributed by atoms with Crippen molar-refractivity contribution in [3.05, 3.63) is 57.1 Å². The lowest BCUT2D eigenvalue weighted by Gasteiger charge is -2.31. The molecule has 0 bridgehead atoms. The van der Waals surface area contributed by atoms with Gasteiger partial charge in [-0.1, -0.05) is 29.8 Å². The lowest BCUT2D eigenvalue weighted by molar-refractivity contribution is 0.501. The highest BCUT2D eigenvalue weighted by Gasteiger charge is 2.25. The number of nitrogens with zero attached hydrogens (tertiary/aromatic N) is 5. The predicted molar refractivity (Wildman–Crippen MR) is 102 cm³/mol. The van der Waals surface area contributed by atoms with E-state index in [1.165, 1.54) is 4.68 Å². The zero-order chi connectivity index (χ0) is 18.3. The summed E-state index contributed by atoms with van der Waals surface area (Å²) in [6.45, 7) is 1.61. The lowest BCUT2D eigenvalue weighted by Crippen LogP contribution is -2.43. The lowest BCUT2D eigenvalue weighted by atomic mass is 10.0. The number of aryl methyl sites for hydroxylation is 1. The zero-order valence-electron chi connectivity index (χ0n) is 14.6. The van der Waals surface area contributed by atoms with Crippen molar-refractivity contribution in [3.8, 4) is 0 Å². The number of halogens is 1. The maximum Gasteiger partial charge on any atom is 0.292 e. The first-order valence-electron chi connectivity index (χ1n) is 8.72. The van der Waals surface area contributed by atoms with Gasteiger partial charge in [0.1, 0.15) is 11.8 Å². The van der Waals surface area contributed by atoms with Crippen LogP contribution in [-0.2, 0) is 13.5 Å². The van der Waals surface area contributed by atoms with Crippen molar-refractivity contribution in [2.24, 2.45) is 12.8 Å². The molecule has 3 heterocycles. The number of aromatic nitrogens is 4. The van der Waals surface area contributed by atoms with Gasteiger partial charge >= 0.3 is 0 Å². The van der Waals surface area contributed by atoms with Crippen LogP contribution in [0.2, 0.25) is 5.02 Å². The van der Waals surface area contributed by atoms with E-state index in [-0.39, 0.29) is 11.6 Å². The Kier molecular flexibility index (Phi) is 4.42. The molecule has 0 spiro atoms.